The smallest absolute Gasteiger partial charge is 0.266 e. The Bertz CT molecular complexity index is 1190. The Kier molecular flexibility index (Phi) is 6.66. The second-order valence-electron chi connectivity index (χ2n) is 8.33. The van der Waals surface area contributed by atoms with Crippen molar-refractivity contribution in [1.29, 1.82) is 0 Å². The Labute approximate surface area is 193 Å². The predicted molar refractivity (Wildman–Crippen MR) is 128 cm³/mol. The minimum Gasteiger partial charge on any atom is -0.352 e. The molecule has 0 saturated heterocycles. The van der Waals surface area contributed by atoms with Crippen molar-refractivity contribution in [2.45, 2.75) is 19.9 Å². The highest BCUT2D eigenvalue weighted by molar-refractivity contribution is 6.35. The molecule has 0 aromatic heterocycles. The fourth-order valence-electron chi connectivity index (χ4n) is 4.04. The molecule has 4 rings (SSSR count). The minimum atomic E-state index is -0.401. The zero-order valence-corrected chi connectivity index (χ0v) is 18.9. The van der Waals surface area contributed by atoms with Crippen molar-refractivity contribution >= 4 is 23.4 Å². The SMILES string of the molecule is Cc1ccccc1N1C(=O)c2ccc(C(=O)NCCCN(C)Cc3ccccc3)cc2C1=O. The lowest BCUT2D eigenvalue weighted by atomic mass is 10.1. The van der Waals surface area contributed by atoms with Crippen LogP contribution in [0.2, 0.25) is 0 Å². The van der Waals surface area contributed by atoms with Gasteiger partial charge < -0.3 is 10.2 Å². The first-order valence-electron chi connectivity index (χ1n) is 11.0. The van der Waals surface area contributed by atoms with E-state index in [1.165, 1.54) is 16.5 Å². The van der Waals surface area contributed by atoms with Gasteiger partial charge in [-0.1, -0.05) is 48.5 Å². The van der Waals surface area contributed by atoms with Crippen LogP contribution in [-0.4, -0.2) is 42.8 Å². The summed E-state index contributed by atoms with van der Waals surface area (Å²) in [6, 6.07) is 22.2. The van der Waals surface area contributed by atoms with Crippen molar-refractivity contribution in [3.05, 3.63) is 101 Å². The van der Waals surface area contributed by atoms with E-state index in [1.54, 1.807) is 24.3 Å². The Morgan fingerprint density at radius 1 is 0.909 bits per heavy atom. The maximum Gasteiger partial charge on any atom is 0.266 e. The Balaban J connectivity index is 1.35. The highest BCUT2D eigenvalue weighted by Gasteiger charge is 2.37. The number of hydrogen-bond donors (Lipinski definition) is 1. The van der Waals surface area contributed by atoms with E-state index in [0.717, 1.165) is 25.1 Å². The molecular formula is C27H27N3O3. The number of fused-ring (bicyclic) bond motifs is 1. The molecule has 33 heavy (non-hydrogen) atoms. The third-order valence-corrected chi connectivity index (χ3v) is 5.80. The number of aryl methyl sites for hydroxylation is 1. The lowest BCUT2D eigenvalue weighted by molar-refractivity contribution is 0.0923. The number of imide groups is 1. The van der Waals surface area contributed by atoms with Crippen molar-refractivity contribution < 1.29 is 14.4 Å². The molecule has 3 aromatic carbocycles. The molecule has 168 valence electrons. The largest absolute Gasteiger partial charge is 0.352 e. The molecule has 0 atom stereocenters. The van der Waals surface area contributed by atoms with Crippen LogP contribution in [0, 0.1) is 6.92 Å². The molecule has 0 spiro atoms. The number of nitrogens with one attached hydrogen (secondary N) is 1. The summed E-state index contributed by atoms with van der Waals surface area (Å²) in [5.41, 5.74) is 3.61. The van der Waals surface area contributed by atoms with E-state index in [-0.39, 0.29) is 17.4 Å². The van der Waals surface area contributed by atoms with Crippen LogP contribution in [0.15, 0.2) is 72.8 Å². The van der Waals surface area contributed by atoms with Gasteiger partial charge in [-0.2, -0.15) is 0 Å². The molecule has 3 amide bonds. The van der Waals surface area contributed by atoms with Gasteiger partial charge in [-0.25, -0.2) is 4.90 Å². The van der Waals surface area contributed by atoms with Crippen molar-refractivity contribution in [3.8, 4) is 0 Å². The zero-order valence-electron chi connectivity index (χ0n) is 18.9. The van der Waals surface area contributed by atoms with Gasteiger partial charge in [0, 0.05) is 18.7 Å². The van der Waals surface area contributed by atoms with Crippen LogP contribution in [-0.2, 0) is 6.54 Å². The standard InChI is InChI=1S/C27H27N3O3/c1-19-9-6-7-12-24(19)30-26(32)22-14-13-21(17-23(22)27(30)33)25(31)28-15-8-16-29(2)18-20-10-4-3-5-11-20/h3-7,9-14,17H,8,15-16,18H2,1-2H3,(H,28,31). The van der Waals surface area contributed by atoms with Gasteiger partial charge in [0.05, 0.1) is 16.8 Å². The van der Waals surface area contributed by atoms with E-state index in [0.29, 0.717) is 23.4 Å². The van der Waals surface area contributed by atoms with Crippen LogP contribution < -0.4 is 10.2 Å². The van der Waals surface area contributed by atoms with Gasteiger partial charge in [0.15, 0.2) is 0 Å². The molecule has 6 nitrogen and oxygen atoms in total. The normalized spacial score (nSPS) is 12.9. The number of para-hydroxylation sites is 1. The Morgan fingerprint density at radius 3 is 2.36 bits per heavy atom. The summed E-state index contributed by atoms with van der Waals surface area (Å²) >= 11 is 0. The summed E-state index contributed by atoms with van der Waals surface area (Å²) in [6.07, 6.45) is 0.804. The van der Waals surface area contributed by atoms with E-state index in [1.807, 2.05) is 37.3 Å². The molecule has 3 aromatic rings. The van der Waals surface area contributed by atoms with Crippen LogP contribution in [0.4, 0.5) is 5.69 Å². The molecule has 0 radical (unpaired) electrons. The average molecular weight is 442 g/mol. The molecule has 0 bridgehead atoms. The molecule has 1 heterocycles. The van der Waals surface area contributed by atoms with Gasteiger partial charge in [0.1, 0.15) is 0 Å². The van der Waals surface area contributed by atoms with E-state index >= 15 is 0 Å². The number of benzene rings is 3. The minimum absolute atomic E-state index is 0.252. The summed E-state index contributed by atoms with van der Waals surface area (Å²) in [6.45, 7) is 4.08. The van der Waals surface area contributed by atoms with Crippen LogP contribution in [0.5, 0.6) is 0 Å². The molecule has 6 heteroatoms. The zero-order chi connectivity index (χ0) is 23.4. The monoisotopic (exact) mass is 441 g/mol. The quantitative estimate of drug-likeness (QED) is 0.423. The fraction of sp³-hybridized carbons (Fsp3) is 0.222. The molecule has 0 fully saturated rings. The van der Waals surface area contributed by atoms with Gasteiger partial charge in [-0.15, -0.1) is 0 Å². The number of rotatable bonds is 8. The number of amides is 3. The van der Waals surface area contributed by atoms with Crippen LogP contribution in [0.3, 0.4) is 0 Å². The van der Waals surface area contributed by atoms with Crippen LogP contribution in [0.1, 0.15) is 48.6 Å². The molecule has 0 aliphatic carbocycles. The average Bonchev–Trinajstić information content (AvgIpc) is 3.07. The first-order valence-corrected chi connectivity index (χ1v) is 11.0. The van der Waals surface area contributed by atoms with E-state index in [2.05, 4.69) is 29.4 Å². The van der Waals surface area contributed by atoms with E-state index < -0.39 is 5.91 Å². The first kappa shape index (κ1) is 22.4. The predicted octanol–water partition coefficient (Wildman–Crippen LogP) is 4.05. The van der Waals surface area contributed by atoms with Gasteiger partial charge in [0.25, 0.3) is 17.7 Å². The number of carbonyl (C=O) groups is 3. The van der Waals surface area contributed by atoms with Gasteiger partial charge in [-0.05, 0) is 62.3 Å². The second kappa shape index (κ2) is 9.79. The van der Waals surface area contributed by atoms with Gasteiger partial charge >= 0.3 is 0 Å². The van der Waals surface area contributed by atoms with E-state index in [9.17, 15) is 14.4 Å². The fourth-order valence-corrected chi connectivity index (χ4v) is 4.04. The summed E-state index contributed by atoms with van der Waals surface area (Å²) < 4.78 is 0. The lowest BCUT2D eigenvalue weighted by Crippen LogP contribution is -2.30. The Hall–Kier alpha value is -3.77. The summed E-state index contributed by atoms with van der Waals surface area (Å²) in [7, 11) is 2.05. The van der Waals surface area contributed by atoms with E-state index in [4.69, 9.17) is 0 Å². The summed E-state index contributed by atoms with van der Waals surface area (Å²) in [5.74, 6) is -1.02. The maximum atomic E-state index is 13.0. The second-order valence-corrected chi connectivity index (χ2v) is 8.33. The number of anilines is 1. The molecule has 1 N–H and O–H groups in total. The number of nitrogens with zero attached hydrogens (tertiary/aromatic N) is 2. The third-order valence-electron chi connectivity index (χ3n) is 5.80. The number of carbonyl (C=O) groups excluding carboxylic acids is 3. The molecule has 1 aliphatic rings. The molecule has 1 aliphatic heterocycles. The highest BCUT2D eigenvalue weighted by Crippen LogP contribution is 2.31. The highest BCUT2D eigenvalue weighted by atomic mass is 16.2. The first-order chi connectivity index (χ1) is 16.0. The van der Waals surface area contributed by atoms with Crippen LogP contribution >= 0.6 is 0 Å². The van der Waals surface area contributed by atoms with Crippen molar-refractivity contribution in [3.63, 3.8) is 0 Å². The molecule has 0 unspecified atom stereocenters. The molecular weight excluding hydrogens is 414 g/mol. The lowest BCUT2D eigenvalue weighted by Gasteiger charge is -2.16. The number of hydrogen-bond acceptors (Lipinski definition) is 4. The third kappa shape index (κ3) is 4.86. The topological polar surface area (TPSA) is 69.7 Å². The van der Waals surface area contributed by atoms with Crippen LogP contribution in [0.25, 0.3) is 0 Å². The Morgan fingerprint density at radius 2 is 1.61 bits per heavy atom. The van der Waals surface area contributed by atoms with Gasteiger partial charge in [0.2, 0.25) is 0 Å². The van der Waals surface area contributed by atoms with Crippen molar-refractivity contribution in [1.82, 2.24) is 10.2 Å². The van der Waals surface area contributed by atoms with Gasteiger partial charge in [-0.3, -0.25) is 14.4 Å². The summed E-state index contributed by atoms with van der Waals surface area (Å²) in [5, 5.41) is 2.91. The van der Waals surface area contributed by atoms with Crippen molar-refractivity contribution in [2.75, 3.05) is 25.0 Å². The molecule has 0 saturated carbocycles. The van der Waals surface area contributed by atoms with Crippen molar-refractivity contribution in [2.24, 2.45) is 0 Å². The maximum absolute atomic E-state index is 13.0. The summed E-state index contributed by atoms with van der Waals surface area (Å²) in [4.78, 5) is 41.9.